The zero-order valence-electron chi connectivity index (χ0n) is 15.0. The first kappa shape index (κ1) is 19.5. The Labute approximate surface area is 180 Å². The van der Waals surface area contributed by atoms with Crippen LogP contribution in [0.1, 0.15) is 5.56 Å². The van der Waals surface area contributed by atoms with E-state index in [1.54, 1.807) is 24.4 Å². The van der Waals surface area contributed by atoms with Gasteiger partial charge in [0.2, 0.25) is 0 Å². The van der Waals surface area contributed by atoms with Crippen molar-refractivity contribution in [2.45, 2.75) is 6.61 Å². The molecule has 4 aromatic rings. The predicted molar refractivity (Wildman–Crippen MR) is 115 cm³/mol. The topological polar surface area (TPSA) is 58.1 Å². The molecular formula is C22H15BrClFN2O2. The third-order valence-corrected chi connectivity index (χ3v) is 5.32. The number of nitrogens with zero attached hydrogens (tertiary/aromatic N) is 1. The maximum atomic E-state index is 13.1. The second kappa shape index (κ2) is 8.27. The van der Waals surface area contributed by atoms with Gasteiger partial charge in [0.15, 0.2) is 0 Å². The molecule has 4 nitrogen and oxygen atoms in total. The Balaban J connectivity index is 1.57. The number of nitrogens with one attached hydrogen (secondary N) is 1. The van der Waals surface area contributed by atoms with Gasteiger partial charge >= 0.3 is 0 Å². The highest BCUT2D eigenvalue weighted by molar-refractivity contribution is 9.10. The average molecular weight is 474 g/mol. The zero-order chi connectivity index (χ0) is 20.4. The Hall–Kier alpha value is -2.83. The Morgan fingerprint density at radius 2 is 1.83 bits per heavy atom. The van der Waals surface area contributed by atoms with Crippen LogP contribution in [0, 0.1) is 5.82 Å². The fourth-order valence-electron chi connectivity index (χ4n) is 2.95. The molecule has 0 aliphatic carbocycles. The molecule has 3 aromatic carbocycles. The van der Waals surface area contributed by atoms with E-state index in [9.17, 15) is 9.50 Å². The van der Waals surface area contributed by atoms with Crippen molar-refractivity contribution in [2.75, 3.05) is 0 Å². The van der Waals surface area contributed by atoms with Crippen LogP contribution in [0.25, 0.3) is 22.4 Å². The molecule has 4 rings (SSSR count). The minimum absolute atomic E-state index is 0.0512. The van der Waals surface area contributed by atoms with Crippen molar-refractivity contribution >= 4 is 27.5 Å². The van der Waals surface area contributed by atoms with Gasteiger partial charge in [0.1, 0.15) is 23.9 Å². The van der Waals surface area contributed by atoms with Gasteiger partial charge < -0.3 is 9.84 Å². The van der Waals surface area contributed by atoms with Gasteiger partial charge in [0.05, 0.1) is 16.9 Å². The number of aromatic nitrogens is 2. The first-order valence-corrected chi connectivity index (χ1v) is 9.88. The molecule has 0 aliphatic heterocycles. The number of hydrogen-bond acceptors (Lipinski definition) is 3. The van der Waals surface area contributed by atoms with E-state index in [1.807, 2.05) is 24.3 Å². The molecule has 0 spiro atoms. The molecule has 146 valence electrons. The highest BCUT2D eigenvalue weighted by atomic mass is 79.9. The second-order valence-corrected chi connectivity index (χ2v) is 7.69. The lowest BCUT2D eigenvalue weighted by atomic mass is 10.0. The maximum absolute atomic E-state index is 13.1. The van der Waals surface area contributed by atoms with Crippen molar-refractivity contribution in [1.29, 1.82) is 0 Å². The summed E-state index contributed by atoms with van der Waals surface area (Å²) in [6, 6.07) is 17.0. The molecule has 0 saturated heterocycles. The summed E-state index contributed by atoms with van der Waals surface area (Å²) in [6.07, 6.45) is 1.72. The summed E-state index contributed by atoms with van der Waals surface area (Å²) in [6.45, 7) is 0.159. The molecule has 0 atom stereocenters. The van der Waals surface area contributed by atoms with Crippen LogP contribution in [-0.2, 0) is 6.61 Å². The molecule has 0 aliphatic rings. The van der Waals surface area contributed by atoms with Crippen LogP contribution in [0.2, 0.25) is 5.02 Å². The Morgan fingerprint density at radius 1 is 1.03 bits per heavy atom. The van der Waals surface area contributed by atoms with Crippen LogP contribution in [0.4, 0.5) is 4.39 Å². The molecule has 29 heavy (non-hydrogen) atoms. The Bertz CT molecular complexity index is 1160. The van der Waals surface area contributed by atoms with Crippen LogP contribution in [-0.4, -0.2) is 15.3 Å². The fourth-order valence-corrected chi connectivity index (χ4v) is 3.44. The van der Waals surface area contributed by atoms with E-state index in [1.165, 1.54) is 18.2 Å². The molecule has 0 radical (unpaired) electrons. The van der Waals surface area contributed by atoms with Gasteiger partial charge in [-0.05, 0) is 42.0 Å². The Kier molecular flexibility index (Phi) is 5.56. The normalized spacial score (nSPS) is 10.9. The summed E-state index contributed by atoms with van der Waals surface area (Å²) < 4.78 is 19.8. The minimum Gasteiger partial charge on any atom is -0.507 e. The van der Waals surface area contributed by atoms with E-state index < -0.39 is 5.82 Å². The van der Waals surface area contributed by atoms with Gasteiger partial charge in [-0.25, -0.2) is 4.39 Å². The number of ether oxygens (including phenoxy) is 1. The van der Waals surface area contributed by atoms with Crippen molar-refractivity contribution in [3.8, 4) is 33.9 Å². The van der Waals surface area contributed by atoms with Crippen LogP contribution in [0.5, 0.6) is 11.5 Å². The highest BCUT2D eigenvalue weighted by Gasteiger charge is 2.14. The monoisotopic (exact) mass is 472 g/mol. The van der Waals surface area contributed by atoms with Crippen LogP contribution >= 0.6 is 27.5 Å². The third kappa shape index (κ3) is 4.28. The number of aromatic hydroxyl groups is 1. The largest absolute Gasteiger partial charge is 0.507 e. The van der Waals surface area contributed by atoms with Crippen LogP contribution in [0.15, 0.2) is 71.3 Å². The highest BCUT2D eigenvalue weighted by Crippen LogP contribution is 2.37. The average Bonchev–Trinajstić information content (AvgIpc) is 3.17. The van der Waals surface area contributed by atoms with Gasteiger partial charge in [-0.1, -0.05) is 45.7 Å². The quantitative estimate of drug-likeness (QED) is 0.344. The maximum Gasteiger partial charge on any atom is 0.128 e. The van der Waals surface area contributed by atoms with E-state index in [0.29, 0.717) is 27.6 Å². The number of aromatic amines is 1. The predicted octanol–water partition coefficient (Wildman–Crippen LogP) is 6.58. The molecule has 0 unspecified atom stereocenters. The Morgan fingerprint density at radius 3 is 2.55 bits per heavy atom. The van der Waals surface area contributed by atoms with Crippen molar-refractivity contribution in [2.24, 2.45) is 0 Å². The number of hydrogen-bond donors (Lipinski definition) is 2. The first-order valence-electron chi connectivity index (χ1n) is 8.70. The second-order valence-electron chi connectivity index (χ2n) is 6.37. The van der Waals surface area contributed by atoms with Crippen molar-refractivity contribution < 1.29 is 14.2 Å². The lowest BCUT2D eigenvalue weighted by Gasteiger charge is -2.11. The molecule has 2 N–H and O–H groups in total. The summed E-state index contributed by atoms with van der Waals surface area (Å²) in [7, 11) is 0. The number of halogens is 3. The summed E-state index contributed by atoms with van der Waals surface area (Å²) in [5, 5.41) is 17.9. The molecule has 1 aromatic heterocycles. The smallest absolute Gasteiger partial charge is 0.128 e. The number of phenols is 1. The van der Waals surface area contributed by atoms with Crippen molar-refractivity contribution in [1.82, 2.24) is 10.2 Å². The summed E-state index contributed by atoms with van der Waals surface area (Å²) in [4.78, 5) is 0. The number of rotatable bonds is 5. The van der Waals surface area contributed by atoms with Crippen LogP contribution < -0.4 is 4.74 Å². The van der Waals surface area contributed by atoms with Gasteiger partial charge in [-0.15, -0.1) is 0 Å². The number of benzene rings is 3. The van der Waals surface area contributed by atoms with E-state index in [4.69, 9.17) is 16.3 Å². The van der Waals surface area contributed by atoms with E-state index >= 15 is 0 Å². The fraction of sp³-hybridized carbons (Fsp3) is 0.0455. The zero-order valence-corrected chi connectivity index (χ0v) is 17.3. The summed E-state index contributed by atoms with van der Waals surface area (Å²) >= 11 is 9.45. The molecule has 0 fully saturated rings. The van der Waals surface area contributed by atoms with Gasteiger partial charge in [-0.3, -0.25) is 5.10 Å². The molecule has 0 amide bonds. The van der Waals surface area contributed by atoms with E-state index in [-0.39, 0.29) is 12.4 Å². The number of phenolic OH excluding ortho intramolecular Hbond substituents is 1. The molecular weight excluding hydrogens is 459 g/mol. The summed E-state index contributed by atoms with van der Waals surface area (Å²) in [5.74, 6) is 0.119. The third-order valence-electron chi connectivity index (χ3n) is 4.44. The summed E-state index contributed by atoms with van der Waals surface area (Å²) in [5.41, 5.74) is 3.82. The van der Waals surface area contributed by atoms with Gasteiger partial charge in [0.25, 0.3) is 0 Å². The van der Waals surface area contributed by atoms with E-state index in [0.717, 1.165) is 15.6 Å². The molecule has 0 bridgehead atoms. The van der Waals surface area contributed by atoms with Gasteiger partial charge in [-0.2, -0.15) is 5.10 Å². The van der Waals surface area contributed by atoms with Gasteiger partial charge in [0, 0.05) is 27.2 Å². The van der Waals surface area contributed by atoms with E-state index in [2.05, 4.69) is 26.1 Å². The lowest BCUT2D eigenvalue weighted by Crippen LogP contribution is -1.97. The van der Waals surface area contributed by atoms with Crippen LogP contribution in [0.3, 0.4) is 0 Å². The molecule has 7 heteroatoms. The van der Waals surface area contributed by atoms with Crippen molar-refractivity contribution in [3.05, 3.63) is 87.7 Å². The lowest BCUT2D eigenvalue weighted by molar-refractivity contribution is 0.304. The minimum atomic E-state index is -0.401. The molecule has 0 saturated carbocycles. The van der Waals surface area contributed by atoms with Crippen molar-refractivity contribution in [3.63, 3.8) is 0 Å². The SMILES string of the molecule is Oc1cc(OCc2ccc(F)cc2Cl)ccc1-c1[nH]ncc1-c1ccc(Br)cc1. The number of H-pyrrole nitrogens is 1. The first-order chi connectivity index (χ1) is 14.0. The standard InChI is InChI=1S/C22H15BrClFN2O2/c23-15-4-1-13(2-5-15)19-11-26-27-22(19)18-8-7-17(10-21(18)28)29-12-14-3-6-16(25)9-20(14)24/h1-11,28H,12H2,(H,26,27). The molecule has 1 heterocycles.